The molecule has 2 rings (SSSR count). The quantitative estimate of drug-likeness (QED) is 0.467. The van der Waals surface area contributed by atoms with Gasteiger partial charge in [0.25, 0.3) is 0 Å². The maximum atomic E-state index is 12.1. The number of carboxylic acids is 1. The van der Waals surface area contributed by atoms with Gasteiger partial charge in [0.1, 0.15) is 0 Å². The van der Waals surface area contributed by atoms with Crippen LogP contribution in [0.2, 0.25) is 0 Å². The maximum absolute atomic E-state index is 12.1. The van der Waals surface area contributed by atoms with E-state index in [1.165, 1.54) is 0 Å². The third-order valence-electron chi connectivity index (χ3n) is 2.81. The SMILES string of the molecule is O=C(C[C@@H](C(=O)O)n1cnc([N+](=O)[O-])n1)c1ccc(Br)cc1. The molecular formula is C12H9BrN4O5. The number of nitrogens with zero attached hydrogens (tertiary/aromatic N) is 4. The number of carbonyl (C=O) groups is 2. The van der Waals surface area contributed by atoms with Crippen LogP contribution in [0.15, 0.2) is 35.1 Å². The average molecular weight is 369 g/mol. The van der Waals surface area contributed by atoms with E-state index in [1.807, 2.05) is 0 Å². The molecule has 9 nitrogen and oxygen atoms in total. The third-order valence-corrected chi connectivity index (χ3v) is 3.34. The highest BCUT2D eigenvalue weighted by molar-refractivity contribution is 9.10. The van der Waals surface area contributed by atoms with Crippen molar-refractivity contribution in [3.05, 3.63) is 50.7 Å². The van der Waals surface area contributed by atoms with Gasteiger partial charge in [-0.25, -0.2) is 4.79 Å². The minimum Gasteiger partial charge on any atom is -0.480 e. The van der Waals surface area contributed by atoms with Crippen LogP contribution in [0.4, 0.5) is 5.95 Å². The van der Waals surface area contributed by atoms with Gasteiger partial charge in [0, 0.05) is 21.6 Å². The fourth-order valence-corrected chi connectivity index (χ4v) is 1.99. The summed E-state index contributed by atoms with van der Waals surface area (Å²) < 4.78 is 1.59. The predicted molar refractivity (Wildman–Crippen MR) is 76.4 cm³/mol. The van der Waals surface area contributed by atoms with Crippen molar-refractivity contribution in [1.29, 1.82) is 0 Å². The fraction of sp³-hybridized carbons (Fsp3) is 0.167. The Morgan fingerprint density at radius 1 is 1.36 bits per heavy atom. The molecule has 0 saturated heterocycles. The number of Topliss-reactive ketones (excluding diaryl/α,β-unsaturated/α-hetero) is 1. The van der Waals surface area contributed by atoms with Crippen LogP contribution >= 0.6 is 15.9 Å². The zero-order valence-corrected chi connectivity index (χ0v) is 12.5. The van der Waals surface area contributed by atoms with Crippen LogP contribution in [0, 0.1) is 10.1 Å². The van der Waals surface area contributed by atoms with E-state index in [9.17, 15) is 24.8 Å². The predicted octanol–water partition coefficient (Wildman–Crippen LogP) is 1.85. The van der Waals surface area contributed by atoms with Gasteiger partial charge in [-0.05, 0) is 17.1 Å². The van der Waals surface area contributed by atoms with Gasteiger partial charge in [0.15, 0.2) is 11.8 Å². The summed E-state index contributed by atoms with van der Waals surface area (Å²) in [4.78, 5) is 36.5. The molecule has 0 saturated carbocycles. The number of rotatable bonds is 6. The molecule has 1 aromatic carbocycles. The Balaban J connectivity index is 2.21. The van der Waals surface area contributed by atoms with Gasteiger partial charge in [-0.15, -0.1) is 0 Å². The van der Waals surface area contributed by atoms with Crippen molar-refractivity contribution in [3.8, 4) is 0 Å². The molecule has 0 aliphatic heterocycles. The summed E-state index contributed by atoms with van der Waals surface area (Å²) in [6.45, 7) is 0. The lowest BCUT2D eigenvalue weighted by Gasteiger charge is -2.08. The number of halogens is 1. The van der Waals surface area contributed by atoms with Gasteiger partial charge < -0.3 is 15.2 Å². The second kappa shape index (κ2) is 6.43. The third kappa shape index (κ3) is 3.52. The Kier molecular flexibility index (Phi) is 4.61. The lowest BCUT2D eigenvalue weighted by Crippen LogP contribution is -2.23. The minimum atomic E-state index is -1.36. The Morgan fingerprint density at radius 2 is 2.00 bits per heavy atom. The average Bonchev–Trinajstić information content (AvgIpc) is 2.94. The van der Waals surface area contributed by atoms with E-state index in [4.69, 9.17) is 0 Å². The first-order chi connectivity index (χ1) is 10.4. The molecule has 2 aromatic rings. The van der Waals surface area contributed by atoms with E-state index in [0.29, 0.717) is 5.56 Å². The number of aromatic nitrogens is 3. The number of hydrogen-bond donors (Lipinski definition) is 1. The van der Waals surface area contributed by atoms with E-state index in [1.54, 1.807) is 24.3 Å². The number of benzene rings is 1. The van der Waals surface area contributed by atoms with Crippen molar-refractivity contribution >= 4 is 33.6 Å². The molecule has 1 heterocycles. The maximum Gasteiger partial charge on any atom is 0.490 e. The number of carboxylic acid groups (broad SMARTS) is 1. The molecule has 0 spiro atoms. The second-order valence-corrected chi connectivity index (χ2v) is 5.19. The van der Waals surface area contributed by atoms with E-state index in [2.05, 4.69) is 26.0 Å². The molecule has 1 N–H and O–H groups in total. The highest BCUT2D eigenvalue weighted by Gasteiger charge is 2.29. The van der Waals surface area contributed by atoms with Crippen LogP contribution in [0.3, 0.4) is 0 Å². The van der Waals surface area contributed by atoms with Crippen LogP contribution < -0.4 is 0 Å². The van der Waals surface area contributed by atoms with Crippen molar-refractivity contribution in [2.75, 3.05) is 0 Å². The highest BCUT2D eigenvalue weighted by Crippen LogP contribution is 2.18. The largest absolute Gasteiger partial charge is 0.490 e. The molecule has 0 unspecified atom stereocenters. The van der Waals surface area contributed by atoms with Crippen molar-refractivity contribution in [3.63, 3.8) is 0 Å². The molecule has 0 radical (unpaired) electrons. The Bertz CT molecular complexity index is 727. The van der Waals surface area contributed by atoms with E-state index < -0.39 is 35.1 Å². The lowest BCUT2D eigenvalue weighted by atomic mass is 10.0. The van der Waals surface area contributed by atoms with Crippen LogP contribution in [-0.2, 0) is 4.79 Å². The summed E-state index contributed by atoms with van der Waals surface area (Å²) >= 11 is 3.23. The van der Waals surface area contributed by atoms with Gasteiger partial charge in [0.2, 0.25) is 6.33 Å². The van der Waals surface area contributed by atoms with E-state index >= 15 is 0 Å². The minimum absolute atomic E-state index is 0.337. The van der Waals surface area contributed by atoms with Crippen molar-refractivity contribution in [2.24, 2.45) is 0 Å². The standard InChI is InChI=1S/C12H9BrN4O5/c13-8-3-1-7(2-4-8)10(18)5-9(11(19)20)16-6-14-12(15-16)17(21)22/h1-4,6,9H,5H2,(H,19,20)/t9-/m0/s1. The summed E-state index contributed by atoms with van der Waals surface area (Å²) in [5, 5.41) is 23.2. The Labute approximate surface area is 131 Å². The smallest absolute Gasteiger partial charge is 0.480 e. The summed E-state index contributed by atoms with van der Waals surface area (Å²) in [5.41, 5.74) is 0.337. The number of nitro groups is 1. The molecule has 0 amide bonds. The van der Waals surface area contributed by atoms with Gasteiger partial charge >= 0.3 is 11.9 Å². The summed E-state index contributed by atoms with van der Waals surface area (Å²) in [7, 11) is 0. The summed E-state index contributed by atoms with van der Waals surface area (Å²) in [5.74, 6) is -2.47. The molecule has 0 bridgehead atoms. The topological polar surface area (TPSA) is 128 Å². The van der Waals surface area contributed by atoms with E-state index in [-0.39, 0.29) is 0 Å². The Morgan fingerprint density at radius 3 is 2.50 bits per heavy atom. The van der Waals surface area contributed by atoms with Crippen LogP contribution in [-0.4, -0.2) is 36.5 Å². The normalized spacial score (nSPS) is 11.9. The van der Waals surface area contributed by atoms with Crippen molar-refractivity contribution < 1.29 is 19.6 Å². The zero-order valence-electron chi connectivity index (χ0n) is 10.9. The fourth-order valence-electron chi connectivity index (χ4n) is 1.72. The van der Waals surface area contributed by atoms with Gasteiger partial charge in [0.05, 0.1) is 0 Å². The molecule has 1 atom stereocenters. The molecule has 114 valence electrons. The van der Waals surface area contributed by atoms with Crippen molar-refractivity contribution in [1.82, 2.24) is 14.8 Å². The number of hydrogen-bond acceptors (Lipinski definition) is 6. The van der Waals surface area contributed by atoms with Crippen molar-refractivity contribution in [2.45, 2.75) is 12.5 Å². The Hall–Kier alpha value is -2.62. The van der Waals surface area contributed by atoms with Crippen LogP contribution in [0.5, 0.6) is 0 Å². The summed E-state index contributed by atoms with van der Waals surface area (Å²) in [6, 6.07) is 5.05. The second-order valence-electron chi connectivity index (χ2n) is 4.27. The molecule has 10 heteroatoms. The summed E-state index contributed by atoms with van der Waals surface area (Å²) in [6.07, 6.45) is 0.531. The molecule has 0 aliphatic carbocycles. The van der Waals surface area contributed by atoms with Gasteiger partial charge in [-0.3, -0.25) is 4.79 Å². The number of carbonyl (C=O) groups excluding carboxylic acids is 1. The van der Waals surface area contributed by atoms with Crippen LogP contribution in [0.25, 0.3) is 0 Å². The highest BCUT2D eigenvalue weighted by atomic mass is 79.9. The first-order valence-electron chi connectivity index (χ1n) is 5.95. The monoisotopic (exact) mass is 368 g/mol. The lowest BCUT2D eigenvalue weighted by molar-refractivity contribution is -0.394. The molecule has 0 fully saturated rings. The molecule has 1 aromatic heterocycles. The molecule has 22 heavy (non-hydrogen) atoms. The number of ketones is 1. The molecule has 0 aliphatic rings. The first kappa shape index (κ1) is 15.8. The zero-order chi connectivity index (χ0) is 16.3. The van der Waals surface area contributed by atoms with E-state index in [0.717, 1.165) is 15.5 Å². The molecular weight excluding hydrogens is 360 g/mol. The van der Waals surface area contributed by atoms with Gasteiger partial charge in [-0.1, -0.05) is 33.0 Å². The number of aliphatic carboxylic acids is 1. The first-order valence-corrected chi connectivity index (χ1v) is 6.75. The van der Waals surface area contributed by atoms with Crippen LogP contribution in [0.1, 0.15) is 22.8 Å². The van der Waals surface area contributed by atoms with Gasteiger partial charge in [-0.2, -0.15) is 4.68 Å².